The van der Waals surface area contributed by atoms with E-state index in [0.717, 1.165) is 201 Å². The zero-order valence-corrected chi connectivity index (χ0v) is 69.1. The SMILES string of the molecule is CCN(Cc1ccccc1)c1cc(N)n2nccc2n1.CN1CCCC(c2nc3c(-c4cnn(C)c4)cnn3c(N)c2Cl)C1.Cc1cnn2c(N)cc(C3CC[C@H](N)C3)nc12.Cc1cnn2c(N)cc(C[C@H]3CCNC3)nc12.Nc1cc(CCc2cccs2)nc2ccnn12.Nc1cc(C[C@H]2CCNC2)nc2c(C(=O)c3ccccc3)cnn12. The number of hydrogen-bond acceptors (Lipinski definition) is 26. The number of aryl methyl sites for hydroxylation is 5. The molecule has 119 heavy (non-hydrogen) atoms. The van der Waals surface area contributed by atoms with Gasteiger partial charge in [-0.1, -0.05) is 78.3 Å². The topological polar surface area (TPSA) is 429 Å². The molecule has 0 amide bonds. The number of anilines is 7. The van der Waals surface area contributed by atoms with Crippen LogP contribution in [0.25, 0.3) is 45.0 Å². The van der Waals surface area contributed by atoms with E-state index in [1.807, 2.05) is 106 Å². The molecule has 3 aliphatic heterocycles. The lowest BCUT2D eigenvalue weighted by Crippen LogP contribution is -2.31. The van der Waals surface area contributed by atoms with Crippen LogP contribution < -0.4 is 55.7 Å². The summed E-state index contributed by atoms with van der Waals surface area (Å²) in [5.41, 5.74) is 58.1. The number of nitrogen functional groups attached to an aromatic ring is 6. The summed E-state index contributed by atoms with van der Waals surface area (Å²) in [7, 11) is 4.01. The van der Waals surface area contributed by atoms with Crippen LogP contribution in [0.4, 0.5) is 40.7 Å². The fraction of sp³-hybridized carbons (Fsp3) is 0.341. The van der Waals surface area contributed by atoms with Crippen molar-refractivity contribution < 1.29 is 4.79 Å². The molecule has 0 bridgehead atoms. The molecule has 2 unspecified atom stereocenters. The first-order chi connectivity index (χ1) is 57.7. The van der Waals surface area contributed by atoms with E-state index in [2.05, 4.69) is 125 Å². The van der Waals surface area contributed by atoms with Gasteiger partial charge in [0.2, 0.25) is 0 Å². The lowest BCUT2D eigenvalue weighted by molar-refractivity contribution is 0.104. The summed E-state index contributed by atoms with van der Waals surface area (Å²) < 4.78 is 11.6. The molecule has 5 atom stereocenters. The van der Waals surface area contributed by atoms with Crippen LogP contribution in [0.2, 0.25) is 5.02 Å². The van der Waals surface area contributed by atoms with E-state index >= 15 is 0 Å². The number of thiophene rings is 1. The monoisotopic (exact) mass is 1640 g/mol. The molecule has 1 aliphatic carbocycles. The molecule has 4 fully saturated rings. The highest BCUT2D eigenvalue weighted by atomic mass is 35.5. The number of piperidine rings is 1. The molecular weight excluding hydrogens is 1540 g/mol. The number of ketones is 1. The third kappa shape index (κ3) is 19.0. The summed E-state index contributed by atoms with van der Waals surface area (Å²) in [4.78, 5) is 46.6. The summed E-state index contributed by atoms with van der Waals surface area (Å²) in [6.45, 7) is 14.1. The van der Waals surface area contributed by atoms with Gasteiger partial charge in [0.25, 0.3) is 0 Å². The number of nitrogens with two attached hydrogens (primary N) is 7. The van der Waals surface area contributed by atoms with Gasteiger partial charge in [0, 0.05) is 149 Å². The maximum Gasteiger partial charge on any atom is 0.198 e. The van der Waals surface area contributed by atoms with E-state index in [1.165, 1.54) is 21.4 Å². The van der Waals surface area contributed by atoms with Gasteiger partial charge >= 0.3 is 0 Å². The van der Waals surface area contributed by atoms with Crippen molar-refractivity contribution in [2.24, 2.45) is 24.6 Å². The third-order valence-corrected chi connectivity index (χ3v) is 23.4. The van der Waals surface area contributed by atoms with Crippen LogP contribution in [0.15, 0.2) is 170 Å². The Hall–Kier alpha value is -12.5. The Morgan fingerprint density at radius 2 is 1.18 bits per heavy atom. The van der Waals surface area contributed by atoms with Crippen LogP contribution in [-0.4, -0.2) is 167 Å². The second-order valence-electron chi connectivity index (χ2n) is 30.9. The normalized spacial score (nSPS) is 17.2. The number of likely N-dealkylation sites (tertiary alicyclic amines) is 1. The van der Waals surface area contributed by atoms with Crippen LogP contribution in [0.5, 0.6) is 0 Å². The number of rotatable bonds is 16. The van der Waals surface area contributed by atoms with Crippen LogP contribution >= 0.6 is 22.9 Å². The number of nitrogens with zero attached hydrogens (tertiary/aromatic N) is 22. The zero-order chi connectivity index (χ0) is 82.8. The van der Waals surface area contributed by atoms with Crippen LogP contribution in [-0.2, 0) is 39.3 Å². The highest BCUT2D eigenvalue weighted by Crippen LogP contribution is 2.37. The summed E-state index contributed by atoms with van der Waals surface area (Å²) >= 11 is 8.30. The van der Waals surface area contributed by atoms with Gasteiger partial charge in [0.15, 0.2) is 39.7 Å². The van der Waals surface area contributed by atoms with Gasteiger partial charge in [-0.2, -0.15) is 62.8 Å². The van der Waals surface area contributed by atoms with Gasteiger partial charge in [-0.05, 0) is 160 Å². The number of carbonyl (C=O) groups excluding carboxylic acids is 1. The lowest BCUT2D eigenvalue weighted by atomic mass is 9.94. The molecule has 34 heteroatoms. The van der Waals surface area contributed by atoms with Gasteiger partial charge < -0.3 is 60.6 Å². The molecule has 4 aliphatic rings. The Morgan fingerprint density at radius 1 is 0.571 bits per heavy atom. The number of carbonyl (C=O) groups is 1. The summed E-state index contributed by atoms with van der Waals surface area (Å²) in [6.07, 6.45) is 25.6. The van der Waals surface area contributed by atoms with Crippen molar-refractivity contribution in [3.05, 3.63) is 236 Å². The molecule has 20 rings (SSSR count). The minimum atomic E-state index is -0.0859. The fourth-order valence-corrected chi connectivity index (χ4v) is 16.8. The van der Waals surface area contributed by atoms with Crippen LogP contribution in [0.1, 0.15) is 130 Å². The van der Waals surface area contributed by atoms with E-state index in [9.17, 15) is 4.79 Å². The maximum atomic E-state index is 12.7. The van der Waals surface area contributed by atoms with Crippen LogP contribution in [0.3, 0.4) is 0 Å². The van der Waals surface area contributed by atoms with Crippen molar-refractivity contribution >= 4 is 103 Å². The van der Waals surface area contributed by atoms with Gasteiger partial charge in [-0.15, -0.1) is 11.3 Å². The minimum Gasteiger partial charge on any atom is -0.384 e. The van der Waals surface area contributed by atoms with Crippen LogP contribution in [0, 0.1) is 25.7 Å². The van der Waals surface area contributed by atoms with E-state index in [0.29, 0.717) is 86.4 Å². The number of hydrogen-bond donors (Lipinski definition) is 9. The minimum absolute atomic E-state index is 0.0859. The first kappa shape index (κ1) is 81.6. The summed E-state index contributed by atoms with van der Waals surface area (Å²) in [5.74, 6) is 6.30. The summed E-state index contributed by atoms with van der Waals surface area (Å²) in [5, 5.41) is 38.8. The standard InChI is InChI=1S/C18H19N5O.C16H20ClN7.C15H17N5.2C12H17N5.C12H12N4S/c19-16-9-14(8-12-6-7-20-10-12)22-18-15(11-21-23(16)18)17(24)13-4-2-1-3-5-13;1-22-5-3-4-10(8-22)14-13(17)15(18)24-16(21-14)12(7-20-24)11-6-19-23(2)9-11;1-2-19(11-12-6-4-3-5-7-12)15-10-13(16)20-14(18-15)8-9-17-20;1-8-6-15-17-11(13)5-10(16-12(8)17)4-9-2-3-14-7-9;1-7-6-15-17-11(14)5-10(16-12(7)17)8-2-3-9(13)4-8;13-11-8-9(3-4-10-2-1-7-17-10)15-12-5-6-14-16(11)12/h1-5,9,11-12,20H,6-8,10,19H2;6-7,9-10H,3-5,8,18H2,1-2H3;3-10H,2,11,16H2,1H3;5-6,9,14H,2-4,7,13H2,1H3;5-6,8-9H,2-4,13-14H2,1H3;1-2,5-8H,3-4,13H2/t12-;;;9-;8?,9-;/m1..10./s1. The molecular formula is C85H102ClN31OS. The third-order valence-electron chi connectivity index (χ3n) is 22.1. The van der Waals surface area contributed by atoms with E-state index in [1.54, 1.807) is 94.1 Å². The number of likely N-dealkylation sites (N-methyl/N-ethyl adjacent to an activating group) is 1. The Bertz CT molecular complexity index is 6110. The van der Waals surface area contributed by atoms with Gasteiger partial charge in [0.05, 0.1) is 54.6 Å². The molecule has 2 aromatic carbocycles. The number of aromatic nitrogens is 20. The molecule has 17 heterocycles. The number of fused-ring (bicyclic) bond motifs is 6. The number of benzene rings is 2. The molecule has 32 nitrogen and oxygen atoms in total. The van der Waals surface area contributed by atoms with Gasteiger partial charge in [0.1, 0.15) is 45.7 Å². The quantitative estimate of drug-likeness (QED) is 0.0406. The average Bonchev–Trinajstić information content (AvgIpc) is 1.61. The van der Waals surface area contributed by atoms with Gasteiger partial charge in [-0.25, -0.2) is 29.9 Å². The second-order valence-corrected chi connectivity index (χ2v) is 32.4. The molecule has 16 N–H and O–H groups in total. The second kappa shape index (κ2) is 37.0. The van der Waals surface area contributed by atoms with E-state index in [4.69, 9.17) is 56.7 Å². The number of nitrogens with one attached hydrogen (secondary N) is 2. The van der Waals surface area contributed by atoms with Crippen molar-refractivity contribution in [1.82, 2.24) is 113 Å². The highest BCUT2D eigenvalue weighted by Gasteiger charge is 2.29. The summed E-state index contributed by atoms with van der Waals surface area (Å²) in [6, 6.07) is 37.3. The molecule has 1 saturated carbocycles. The predicted octanol–water partition coefficient (Wildman–Crippen LogP) is 10.4. The predicted molar refractivity (Wildman–Crippen MR) is 469 cm³/mol. The maximum absolute atomic E-state index is 12.7. The first-order valence-corrected chi connectivity index (χ1v) is 41.6. The fourth-order valence-electron chi connectivity index (χ4n) is 15.8. The Balaban J connectivity index is 0.000000112. The molecule has 14 aromatic heterocycles. The lowest BCUT2D eigenvalue weighted by Gasteiger charge is -2.30. The average molecular weight is 1640 g/mol. The molecule has 16 aromatic rings. The highest BCUT2D eigenvalue weighted by molar-refractivity contribution is 7.09. The van der Waals surface area contributed by atoms with Crippen molar-refractivity contribution in [2.45, 2.75) is 116 Å². The Morgan fingerprint density at radius 3 is 1.79 bits per heavy atom. The smallest absolute Gasteiger partial charge is 0.198 e. The molecule has 0 radical (unpaired) electrons. The largest absolute Gasteiger partial charge is 0.384 e. The van der Waals surface area contributed by atoms with Gasteiger partial charge in [-0.3, -0.25) is 9.48 Å². The van der Waals surface area contributed by atoms with E-state index in [-0.39, 0.29) is 5.78 Å². The molecule has 0 spiro atoms. The Kier molecular flexibility index (Phi) is 25.3. The van der Waals surface area contributed by atoms with E-state index < -0.39 is 0 Å². The zero-order valence-electron chi connectivity index (χ0n) is 67.6. The van der Waals surface area contributed by atoms with Crippen molar-refractivity contribution in [1.29, 1.82) is 0 Å². The number of halogens is 1. The van der Waals surface area contributed by atoms with Crippen molar-refractivity contribution in [2.75, 3.05) is 92.2 Å². The van der Waals surface area contributed by atoms with Crippen molar-refractivity contribution in [3.8, 4) is 11.1 Å². The Labute approximate surface area is 697 Å². The molecule has 3 saturated heterocycles. The molecule has 616 valence electrons. The first-order valence-electron chi connectivity index (χ1n) is 40.4. The van der Waals surface area contributed by atoms with Crippen molar-refractivity contribution in [3.63, 3.8) is 0 Å².